The summed E-state index contributed by atoms with van der Waals surface area (Å²) >= 11 is 0. The molecule has 0 unspecified atom stereocenters. The van der Waals surface area contributed by atoms with Gasteiger partial charge in [0.1, 0.15) is 0 Å². The van der Waals surface area contributed by atoms with Crippen molar-refractivity contribution in [1.82, 2.24) is 5.32 Å². The summed E-state index contributed by atoms with van der Waals surface area (Å²) in [6.07, 6.45) is 1.63. The van der Waals surface area contributed by atoms with Crippen molar-refractivity contribution in [3.8, 4) is 5.75 Å². The van der Waals surface area contributed by atoms with E-state index in [1.807, 2.05) is 37.3 Å². The third kappa shape index (κ3) is 6.39. The van der Waals surface area contributed by atoms with Gasteiger partial charge < -0.3 is 14.8 Å². The van der Waals surface area contributed by atoms with Gasteiger partial charge in [-0.3, -0.25) is 14.9 Å². The van der Waals surface area contributed by atoms with Gasteiger partial charge in [-0.2, -0.15) is 0 Å². The Morgan fingerprint density at radius 2 is 1.75 bits per heavy atom. The zero-order valence-electron chi connectivity index (χ0n) is 15.5. The van der Waals surface area contributed by atoms with Crippen molar-refractivity contribution in [3.63, 3.8) is 0 Å². The van der Waals surface area contributed by atoms with E-state index in [1.165, 1.54) is 18.2 Å². The maximum atomic E-state index is 12.1. The topological polar surface area (TPSA) is 108 Å². The molecule has 0 saturated carbocycles. The predicted molar refractivity (Wildman–Crippen MR) is 102 cm³/mol. The highest BCUT2D eigenvalue weighted by atomic mass is 16.6. The number of amides is 1. The highest BCUT2D eigenvalue weighted by molar-refractivity contribution is 5.81. The van der Waals surface area contributed by atoms with Gasteiger partial charge in [0.15, 0.2) is 19.0 Å². The van der Waals surface area contributed by atoms with Crippen LogP contribution in [-0.2, 0) is 14.3 Å². The van der Waals surface area contributed by atoms with Crippen molar-refractivity contribution >= 4 is 17.6 Å². The quantitative estimate of drug-likeness (QED) is 0.382. The van der Waals surface area contributed by atoms with Crippen LogP contribution < -0.4 is 10.1 Å². The highest BCUT2D eigenvalue weighted by Gasteiger charge is 2.17. The molecule has 0 aliphatic rings. The van der Waals surface area contributed by atoms with Crippen molar-refractivity contribution in [1.29, 1.82) is 0 Å². The van der Waals surface area contributed by atoms with Gasteiger partial charge in [-0.15, -0.1) is 0 Å². The number of nitro benzene ring substituents is 1. The van der Waals surface area contributed by atoms with Gasteiger partial charge in [0.05, 0.1) is 11.0 Å². The van der Waals surface area contributed by atoms with Gasteiger partial charge in [-0.25, -0.2) is 4.79 Å². The lowest BCUT2D eigenvalue weighted by Gasteiger charge is -2.18. The zero-order chi connectivity index (χ0) is 20.4. The van der Waals surface area contributed by atoms with Crippen molar-refractivity contribution in [2.45, 2.75) is 25.8 Å². The molecule has 0 bridgehead atoms. The first-order chi connectivity index (χ1) is 13.5. The van der Waals surface area contributed by atoms with Gasteiger partial charge in [0.25, 0.3) is 5.91 Å². The van der Waals surface area contributed by atoms with Crippen molar-refractivity contribution in [2.75, 3.05) is 13.2 Å². The van der Waals surface area contributed by atoms with E-state index in [2.05, 4.69) is 5.32 Å². The van der Waals surface area contributed by atoms with Gasteiger partial charge in [-0.05, 0) is 18.1 Å². The molecule has 8 heteroatoms. The van der Waals surface area contributed by atoms with Crippen molar-refractivity contribution in [2.24, 2.45) is 0 Å². The van der Waals surface area contributed by atoms with Gasteiger partial charge in [0.2, 0.25) is 0 Å². The minimum Gasteiger partial charge on any atom is -0.475 e. The minimum atomic E-state index is -0.792. The van der Waals surface area contributed by atoms with Crippen LogP contribution in [0, 0.1) is 10.1 Å². The number of para-hydroxylation sites is 2. The largest absolute Gasteiger partial charge is 0.475 e. The highest BCUT2D eigenvalue weighted by Crippen LogP contribution is 2.25. The van der Waals surface area contributed by atoms with Crippen molar-refractivity contribution < 1.29 is 24.0 Å². The fraction of sp³-hybridized carbons (Fsp3) is 0.300. The summed E-state index contributed by atoms with van der Waals surface area (Å²) in [6, 6.07) is 15.1. The van der Waals surface area contributed by atoms with E-state index in [4.69, 9.17) is 9.47 Å². The lowest BCUT2D eigenvalue weighted by molar-refractivity contribution is -0.385. The first-order valence-electron chi connectivity index (χ1n) is 8.87. The molecule has 0 saturated heterocycles. The molecule has 0 radical (unpaired) electrons. The minimum absolute atomic E-state index is 0.0408. The molecule has 0 fully saturated rings. The van der Waals surface area contributed by atoms with Crippen LogP contribution in [0.5, 0.6) is 5.75 Å². The number of hydrogen-bond donors (Lipinski definition) is 1. The monoisotopic (exact) mass is 386 g/mol. The number of carbonyl (C=O) groups excluding carboxylic acids is 2. The molecular weight excluding hydrogens is 364 g/mol. The summed E-state index contributed by atoms with van der Waals surface area (Å²) in [6.45, 7) is 1.03. The Balaban J connectivity index is 1.82. The van der Waals surface area contributed by atoms with Crippen LogP contribution in [-0.4, -0.2) is 30.0 Å². The van der Waals surface area contributed by atoms with E-state index in [1.54, 1.807) is 6.07 Å². The fourth-order valence-electron chi connectivity index (χ4n) is 2.59. The molecule has 148 valence electrons. The summed E-state index contributed by atoms with van der Waals surface area (Å²) in [4.78, 5) is 34.2. The van der Waals surface area contributed by atoms with Crippen LogP contribution >= 0.6 is 0 Å². The first-order valence-corrected chi connectivity index (χ1v) is 8.87. The average Bonchev–Trinajstić information content (AvgIpc) is 2.71. The van der Waals surface area contributed by atoms with Gasteiger partial charge in [-0.1, -0.05) is 55.8 Å². The smallest absolute Gasteiger partial charge is 0.344 e. The van der Waals surface area contributed by atoms with Crippen LogP contribution in [0.3, 0.4) is 0 Å². The zero-order valence-corrected chi connectivity index (χ0v) is 15.5. The Hall–Kier alpha value is -3.42. The van der Waals surface area contributed by atoms with Gasteiger partial charge in [0, 0.05) is 6.07 Å². The van der Waals surface area contributed by atoms with E-state index in [0.29, 0.717) is 0 Å². The molecule has 2 aromatic carbocycles. The molecule has 2 rings (SSSR count). The van der Waals surface area contributed by atoms with Crippen LogP contribution in [0.1, 0.15) is 31.4 Å². The van der Waals surface area contributed by atoms with Gasteiger partial charge >= 0.3 is 11.7 Å². The van der Waals surface area contributed by atoms with Crippen molar-refractivity contribution in [3.05, 3.63) is 70.3 Å². The summed E-state index contributed by atoms with van der Waals surface area (Å²) in [7, 11) is 0. The fourth-order valence-corrected chi connectivity index (χ4v) is 2.59. The maximum Gasteiger partial charge on any atom is 0.344 e. The lowest BCUT2D eigenvalue weighted by Crippen LogP contribution is -2.33. The number of rotatable bonds is 10. The molecule has 0 heterocycles. The number of ether oxygens (including phenoxy) is 2. The Kier molecular flexibility index (Phi) is 7.95. The second-order valence-corrected chi connectivity index (χ2v) is 5.99. The lowest BCUT2D eigenvalue weighted by atomic mass is 10.0. The van der Waals surface area contributed by atoms with Crippen LogP contribution in [0.2, 0.25) is 0 Å². The molecule has 0 aromatic heterocycles. The number of hydrogen-bond acceptors (Lipinski definition) is 6. The van der Waals surface area contributed by atoms with Crippen LogP contribution in [0.25, 0.3) is 0 Å². The Bertz CT molecular complexity index is 809. The second-order valence-electron chi connectivity index (χ2n) is 5.99. The van der Waals surface area contributed by atoms with Crippen LogP contribution in [0.4, 0.5) is 5.69 Å². The average molecular weight is 386 g/mol. The normalized spacial score (nSPS) is 11.3. The molecule has 0 aliphatic heterocycles. The van der Waals surface area contributed by atoms with Crippen LogP contribution in [0.15, 0.2) is 54.6 Å². The number of nitrogens with zero attached hydrogens (tertiary/aromatic N) is 1. The summed E-state index contributed by atoms with van der Waals surface area (Å²) in [5, 5.41) is 13.8. The predicted octanol–water partition coefficient (Wildman–Crippen LogP) is 3.17. The van der Waals surface area contributed by atoms with E-state index in [9.17, 15) is 19.7 Å². The summed E-state index contributed by atoms with van der Waals surface area (Å²) < 4.78 is 10.0. The SMILES string of the molecule is CCC[C@@H](NC(=O)COC(=O)COc1ccccc1[N+](=O)[O-])c1ccccc1. The molecule has 28 heavy (non-hydrogen) atoms. The third-order valence-corrected chi connectivity index (χ3v) is 3.89. The second kappa shape index (κ2) is 10.7. The Labute approximate surface area is 162 Å². The molecule has 0 spiro atoms. The molecule has 1 amide bonds. The van der Waals surface area contributed by atoms with E-state index >= 15 is 0 Å². The standard InChI is InChI=1S/C20H22N2O6/c1-2-8-16(15-9-4-3-5-10-15)21-19(23)13-28-20(24)14-27-18-12-7-6-11-17(18)22(25)26/h3-7,9-12,16H,2,8,13-14H2,1H3,(H,21,23)/t16-/m1/s1. The molecule has 2 aromatic rings. The Morgan fingerprint density at radius 1 is 1.07 bits per heavy atom. The van der Waals surface area contributed by atoms with E-state index in [0.717, 1.165) is 18.4 Å². The molecular formula is C20H22N2O6. The molecule has 8 nitrogen and oxygen atoms in total. The molecule has 1 atom stereocenters. The third-order valence-electron chi connectivity index (χ3n) is 3.89. The van der Waals surface area contributed by atoms with E-state index in [-0.39, 0.29) is 17.5 Å². The Morgan fingerprint density at radius 3 is 2.43 bits per heavy atom. The number of nitrogens with one attached hydrogen (secondary N) is 1. The summed E-state index contributed by atoms with van der Waals surface area (Å²) in [5.74, 6) is -1.26. The van der Waals surface area contributed by atoms with E-state index < -0.39 is 30.0 Å². The molecule has 1 N–H and O–H groups in total. The number of nitro groups is 1. The first kappa shape index (κ1) is 20.9. The summed E-state index contributed by atoms with van der Waals surface area (Å²) in [5.41, 5.74) is 0.724. The number of benzene rings is 2. The maximum absolute atomic E-state index is 12.1. The number of carbonyl (C=O) groups is 2. The number of esters is 1. The molecule has 0 aliphatic carbocycles.